The van der Waals surface area contributed by atoms with Crippen LogP contribution < -0.4 is 10.6 Å². The first-order valence-corrected chi connectivity index (χ1v) is 8.77. The van der Waals surface area contributed by atoms with Gasteiger partial charge >= 0.3 is 11.8 Å². The lowest BCUT2D eigenvalue weighted by atomic mass is 10.1. The molecule has 2 amide bonds. The van der Waals surface area contributed by atoms with E-state index in [9.17, 15) is 9.59 Å². The molecule has 1 aromatic rings. The molecule has 2 aliphatic heterocycles. The molecule has 2 fully saturated rings. The van der Waals surface area contributed by atoms with Gasteiger partial charge in [0.25, 0.3) is 0 Å². The summed E-state index contributed by atoms with van der Waals surface area (Å²) in [7, 11) is 0. The maximum Gasteiger partial charge on any atom is 0.309 e. The average Bonchev–Trinajstić information content (AvgIpc) is 3.34. The molecule has 3 rings (SSSR count). The van der Waals surface area contributed by atoms with Crippen molar-refractivity contribution in [1.29, 1.82) is 0 Å². The summed E-state index contributed by atoms with van der Waals surface area (Å²) in [6, 6.07) is 3.58. The molecule has 2 aliphatic rings. The number of furan rings is 1. The summed E-state index contributed by atoms with van der Waals surface area (Å²) in [5.41, 5.74) is 0. The van der Waals surface area contributed by atoms with Gasteiger partial charge in [-0.2, -0.15) is 0 Å². The maximum absolute atomic E-state index is 12.1. The highest BCUT2D eigenvalue weighted by atomic mass is 16.5. The summed E-state index contributed by atoms with van der Waals surface area (Å²) in [5, 5.41) is 5.34. The Morgan fingerprint density at radius 2 is 2.00 bits per heavy atom. The lowest BCUT2D eigenvalue weighted by Crippen LogP contribution is -2.47. The minimum absolute atomic E-state index is 0.0148. The number of hydrogen-bond acceptors (Lipinski definition) is 6. The summed E-state index contributed by atoms with van der Waals surface area (Å²) < 4.78 is 16.3. The lowest BCUT2D eigenvalue weighted by Gasteiger charge is -2.33. The average molecular weight is 351 g/mol. The Bertz CT molecular complexity index is 551. The van der Waals surface area contributed by atoms with E-state index in [1.807, 2.05) is 12.1 Å². The van der Waals surface area contributed by atoms with Gasteiger partial charge in [0, 0.05) is 32.8 Å². The Hall–Kier alpha value is -1.90. The van der Waals surface area contributed by atoms with E-state index in [1.165, 1.54) is 0 Å². The Morgan fingerprint density at radius 3 is 2.68 bits per heavy atom. The second-order valence-corrected chi connectivity index (χ2v) is 6.23. The van der Waals surface area contributed by atoms with Gasteiger partial charge in [-0.25, -0.2) is 0 Å². The fraction of sp³-hybridized carbons (Fsp3) is 0.647. The second kappa shape index (κ2) is 8.98. The number of ether oxygens (including phenoxy) is 2. The van der Waals surface area contributed by atoms with Gasteiger partial charge in [0.1, 0.15) is 5.76 Å². The molecule has 0 radical (unpaired) electrons. The summed E-state index contributed by atoms with van der Waals surface area (Å²) in [5.74, 6) is -0.500. The largest absolute Gasteiger partial charge is 0.468 e. The van der Waals surface area contributed by atoms with Crippen molar-refractivity contribution in [2.45, 2.75) is 25.0 Å². The first kappa shape index (κ1) is 17.9. The van der Waals surface area contributed by atoms with Crippen LogP contribution in [0.25, 0.3) is 0 Å². The van der Waals surface area contributed by atoms with E-state index in [4.69, 9.17) is 13.9 Å². The highest BCUT2D eigenvalue weighted by molar-refractivity contribution is 6.35. The van der Waals surface area contributed by atoms with Crippen LogP contribution in [0, 0.1) is 0 Å². The highest BCUT2D eigenvalue weighted by Gasteiger charge is 2.26. The van der Waals surface area contributed by atoms with Gasteiger partial charge in [0.15, 0.2) is 0 Å². The number of rotatable bonds is 6. The molecular weight excluding hydrogens is 326 g/mol. The molecule has 2 saturated heterocycles. The molecule has 2 atom stereocenters. The SMILES string of the molecule is O=C(NC[C@H]1CCCO1)C(=O)NC[C@@H](c1ccco1)N1CCOCC1. The maximum atomic E-state index is 12.1. The van der Waals surface area contributed by atoms with E-state index in [0.29, 0.717) is 26.3 Å². The highest BCUT2D eigenvalue weighted by Crippen LogP contribution is 2.21. The van der Waals surface area contributed by atoms with Crippen LogP contribution >= 0.6 is 0 Å². The molecule has 0 aliphatic carbocycles. The van der Waals surface area contributed by atoms with E-state index < -0.39 is 11.8 Å². The van der Waals surface area contributed by atoms with Gasteiger partial charge < -0.3 is 24.5 Å². The van der Waals surface area contributed by atoms with Gasteiger partial charge in [-0.15, -0.1) is 0 Å². The van der Waals surface area contributed by atoms with E-state index in [-0.39, 0.29) is 12.1 Å². The van der Waals surface area contributed by atoms with Crippen molar-refractivity contribution in [1.82, 2.24) is 15.5 Å². The fourth-order valence-corrected chi connectivity index (χ4v) is 3.14. The smallest absolute Gasteiger partial charge is 0.309 e. The minimum atomic E-state index is -0.636. The Balaban J connectivity index is 1.49. The standard InChI is InChI=1S/C17H25N3O5/c21-16(18-11-13-3-1-7-24-13)17(22)19-12-14(15-4-2-8-25-15)20-5-9-23-10-6-20/h2,4,8,13-14H,1,3,5-7,9-12H2,(H,18,21)(H,19,22)/t13-,14+/m1/s1. The van der Waals surface area contributed by atoms with E-state index in [0.717, 1.165) is 38.3 Å². The zero-order valence-corrected chi connectivity index (χ0v) is 14.2. The van der Waals surface area contributed by atoms with Crippen molar-refractivity contribution in [3.05, 3.63) is 24.2 Å². The summed E-state index contributed by atoms with van der Waals surface area (Å²) in [4.78, 5) is 26.2. The summed E-state index contributed by atoms with van der Waals surface area (Å²) in [6.45, 7) is 4.20. The van der Waals surface area contributed by atoms with Gasteiger partial charge in [0.2, 0.25) is 0 Å². The molecule has 8 nitrogen and oxygen atoms in total. The molecule has 2 N–H and O–H groups in total. The van der Waals surface area contributed by atoms with Crippen LogP contribution in [0.2, 0.25) is 0 Å². The van der Waals surface area contributed by atoms with Crippen molar-refractivity contribution in [3.8, 4) is 0 Å². The number of carbonyl (C=O) groups excluding carboxylic acids is 2. The van der Waals surface area contributed by atoms with E-state index in [1.54, 1.807) is 6.26 Å². The zero-order chi connectivity index (χ0) is 17.5. The van der Waals surface area contributed by atoms with E-state index in [2.05, 4.69) is 15.5 Å². The molecule has 1 aromatic heterocycles. The third-order valence-electron chi connectivity index (χ3n) is 4.53. The molecule has 0 spiro atoms. The predicted molar refractivity (Wildman–Crippen MR) is 88.8 cm³/mol. The molecule has 0 unspecified atom stereocenters. The number of nitrogens with one attached hydrogen (secondary N) is 2. The Morgan fingerprint density at radius 1 is 1.20 bits per heavy atom. The van der Waals surface area contributed by atoms with Crippen molar-refractivity contribution in [2.75, 3.05) is 46.0 Å². The molecule has 0 aromatic carbocycles. The molecule has 25 heavy (non-hydrogen) atoms. The Kier molecular flexibility index (Phi) is 6.43. The van der Waals surface area contributed by atoms with Crippen LogP contribution in [0.5, 0.6) is 0 Å². The molecule has 3 heterocycles. The second-order valence-electron chi connectivity index (χ2n) is 6.23. The molecule has 138 valence electrons. The number of hydrogen-bond donors (Lipinski definition) is 2. The van der Waals surface area contributed by atoms with Crippen molar-refractivity contribution in [3.63, 3.8) is 0 Å². The third kappa shape index (κ3) is 5.04. The van der Waals surface area contributed by atoms with Gasteiger partial charge in [-0.3, -0.25) is 14.5 Å². The number of nitrogens with zero attached hydrogens (tertiary/aromatic N) is 1. The van der Waals surface area contributed by atoms with Crippen LogP contribution in [0.3, 0.4) is 0 Å². The topological polar surface area (TPSA) is 93.0 Å². The Labute approximate surface area is 146 Å². The van der Waals surface area contributed by atoms with Crippen LogP contribution in [0.1, 0.15) is 24.6 Å². The summed E-state index contributed by atoms with van der Waals surface area (Å²) in [6.07, 6.45) is 3.54. The number of carbonyl (C=O) groups is 2. The number of morpholine rings is 1. The monoisotopic (exact) mass is 351 g/mol. The van der Waals surface area contributed by atoms with Crippen LogP contribution in [0.15, 0.2) is 22.8 Å². The normalized spacial score (nSPS) is 22.5. The molecule has 0 saturated carbocycles. The third-order valence-corrected chi connectivity index (χ3v) is 4.53. The van der Waals surface area contributed by atoms with Crippen LogP contribution in [-0.4, -0.2) is 68.8 Å². The minimum Gasteiger partial charge on any atom is -0.468 e. The van der Waals surface area contributed by atoms with Crippen LogP contribution in [0.4, 0.5) is 0 Å². The molecule has 0 bridgehead atoms. The number of amides is 2. The van der Waals surface area contributed by atoms with Gasteiger partial charge in [0.05, 0.1) is 31.6 Å². The van der Waals surface area contributed by atoms with Gasteiger partial charge in [-0.1, -0.05) is 0 Å². The zero-order valence-electron chi connectivity index (χ0n) is 14.2. The van der Waals surface area contributed by atoms with Crippen molar-refractivity contribution in [2.24, 2.45) is 0 Å². The molecule has 8 heteroatoms. The molecular formula is C17H25N3O5. The predicted octanol–water partition coefficient (Wildman–Crippen LogP) is 0.0643. The lowest BCUT2D eigenvalue weighted by molar-refractivity contribution is -0.139. The quantitative estimate of drug-likeness (QED) is 0.705. The van der Waals surface area contributed by atoms with E-state index >= 15 is 0 Å². The van der Waals surface area contributed by atoms with Crippen molar-refractivity contribution >= 4 is 11.8 Å². The fourth-order valence-electron chi connectivity index (χ4n) is 3.14. The van der Waals surface area contributed by atoms with Gasteiger partial charge in [-0.05, 0) is 25.0 Å². The van der Waals surface area contributed by atoms with Crippen LogP contribution in [-0.2, 0) is 19.1 Å². The van der Waals surface area contributed by atoms with Crippen molar-refractivity contribution < 1.29 is 23.5 Å². The summed E-state index contributed by atoms with van der Waals surface area (Å²) >= 11 is 0. The first-order chi connectivity index (χ1) is 12.2. The first-order valence-electron chi connectivity index (χ1n) is 8.77.